The number of aryl methyl sites for hydroxylation is 1. The van der Waals surface area contributed by atoms with E-state index in [4.69, 9.17) is 4.52 Å². The van der Waals surface area contributed by atoms with Crippen LogP contribution in [-0.2, 0) is 16.1 Å². The zero-order chi connectivity index (χ0) is 20.9. The minimum Gasteiger partial charge on any atom is -0.481 e. The van der Waals surface area contributed by atoms with Gasteiger partial charge in [-0.1, -0.05) is 5.16 Å². The van der Waals surface area contributed by atoms with Gasteiger partial charge in [-0.25, -0.2) is 0 Å². The number of rotatable bonds is 7. The number of carboxylic acid groups (broad SMARTS) is 1. The molecular formula is C22H32N4O4. The van der Waals surface area contributed by atoms with E-state index in [9.17, 15) is 14.7 Å². The van der Waals surface area contributed by atoms with Crippen LogP contribution in [0.2, 0.25) is 0 Å². The quantitative estimate of drug-likeness (QED) is 0.617. The normalized spacial score (nSPS) is 34.4. The summed E-state index contributed by atoms with van der Waals surface area (Å²) < 4.78 is 5.12. The molecule has 1 spiro atoms. The molecule has 3 aliphatic carbocycles. The smallest absolute Gasteiger partial charge is 0.307 e. The molecule has 30 heavy (non-hydrogen) atoms. The topological polar surface area (TPSA) is 108 Å². The maximum absolute atomic E-state index is 13.8. The fourth-order valence-corrected chi connectivity index (χ4v) is 7.14. The first-order valence-corrected chi connectivity index (χ1v) is 11.3. The molecule has 2 heterocycles. The Morgan fingerprint density at radius 2 is 2.10 bits per heavy atom. The first-order valence-electron chi connectivity index (χ1n) is 11.3. The Morgan fingerprint density at radius 3 is 2.73 bits per heavy atom. The molecule has 8 nitrogen and oxygen atoms in total. The molecule has 1 saturated heterocycles. The molecule has 1 amide bonds. The van der Waals surface area contributed by atoms with Crippen LogP contribution in [0.15, 0.2) is 10.6 Å². The number of hydrogen-bond acceptors (Lipinski definition) is 6. The van der Waals surface area contributed by atoms with Gasteiger partial charge in [0.2, 0.25) is 5.91 Å². The van der Waals surface area contributed by atoms with Crippen LogP contribution >= 0.6 is 0 Å². The predicted octanol–water partition coefficient (Wildman–Crippen LogP) is 1.40. The van der Waals surface area contributed by atoms with Gasteiger partial charge >= 0.3 is 5.97 Å². The van der Waals surface area contributed by atoms with E-state index >= 15 is 0 Å². The van der Waals surface area contributed by atoms with E-state index in [2.05, 4.69) is 20.7 Å². The van der Waals surface area contributed by atoms with Crippen molar-refractivity contribution >= 4 is 11.9 Å². The first-order chi connectivity index (χ1) is 14.5. The molecule has 0 aromatic carbocycles. The van der Waals surface area contributed by atoms with E-state index in [0.29, 0.717) is 17.9 Å². The molecule has 1 aromatic heterocycles. The maximum Gasteiger partial charge on any atom is 0.307 e. The number of amides is 1. The van der Waals surface area contributed by atoms with Crippen molar-refractivity contribution in [2.75, 3.05) is 32.7 Å². The van der Waals surface area contributed by atoms with E-state index in [1.54, 1.807) is 0 Å². The lowest BCUT2D eigenvalue weighted by atomic mass is 9.63. The Morgan fingerprint density at radius 1 is 1.33 bits per heavy atom. The minimum atomic E-state index is -0.824. The minimum absolute atomic E-state index is 0.0916. The number of aromatic nitrogens is 1. The first kappa shape index (κ1) is 20.0. The Balaban J connectivity index is 1.42. The highest BCUT2D eigenvalue weighted by Crippen LogP contribution is 2.79. The number of nitrogens with one attached hydrogen (secondary N) is 2. The van der Waals surface area contributed by atoms with Gasteiger partial charge in [0.15, 0.2) is 0 Å². The molecule has 2 bridgehead atoms. The zero-order valence-electron chi connectivity index (χ0n) is 17.7. The summed E-state index contributed by atoms with van der Waals surface area (Å²) in [4.78, 5) is 28.7. The van der Waals surface area contributed by atoms with Crippen molar-refractivity contribution in [3.8, 4) is 0 Å². The summed E-state index contributed by atoms with van der Waals surface area (Å²) in [6.45, 7) is 6.68. The van der Waals surface area contributed by atoms with Crippen LogP contribution in [0, 0.1) is 35.5 Å². The molecular weight excluding hydrogens is 384 g/mol. The van der Waals surface area contributed by atoms with Crippen LogP contribution in [0.3, 0.4) is 0 Å². The van der Waals surface area contributed by atoms with Gasteiger partial charge in [-0.2, -0.15) is 0 Å². The van der Waals surface area contributed by atoms with Crippen LogP contribution in [0.5, 0.6) is 0 Å². The van der Waals surface area contributed by atoms with Crippen LogP contribution < -0.4 is 10.6 Å². The van der Waals surface area contributed by atoms with Crippen molar-refractivity contribution in [1.82, 2.24) is 20.7 Å². The second-order valence-corrected chi connectivity index (χ2v) is 9.78. The lowest BCUT2D eigenvalue weighted by Gasteiger charge is -2.42. The number of piperazine rings is 1. The number of nitrogens with zero attached hydrogens (tertiary/aromatic N) is 2. The van der Waals surface area contributed by atoms with Gasteiger partial charge in [0.25, 0.3) is 0 Å². The second-order valence-electron chi connectivity index (χ2n) is 9.78. The van der Waals surface area contributed by atoms with Crippen LogP contribution in [0.4, 0.5) is 0 Å². The van der Waals surface area contributed by atoms with E-state index in [1.165, 1.54) is 0 Å². The average molecular weight is 417 g/mol. The van der Waals surface area contributed by atoms with Crippen molar-refractivity contribution in [1.29, 1.82) is 0 Å². The van der Waals surface area contributed by atoms with Gasteiger partial charge in [-0.3, -0.25) is 9.59 Å². The molecule has 164 valence electrons. The van der Waals surface area contributed by atoms with E-state index in [0.717, 1.165) is 58.4 Å². The fraction of sp³-hybridized carbons (Fsp3) is 0.773. The average Bonchev–Trinajstić information content (AvgIpc) is 3.23. The van der Waals surface area contributed by atoms with Crippen LogP contribution in [0.1, 0.15) is 43.6 Å². The van der Waals surface area contributed by atoms with Gasteiger partial charge in [0.1, 0.15) is 11.5 Å². The Kier molecular flexibility index (Phi) is 4.89. The predicted molar refractivity (Wildman–Crippen MR) is 108 cm³/mol. The number of carbonyl (C=O) groups excluding carboxylic acids is 1. The molecule has 5 rings (SSSR count). The number of carbonyl (C=O) groups is 2. The van der Waals surface area contributed by atoms with Crippen molar-refractivity contribution in [3.63, 3.8) is 0 Å². The zero-order valence-corrected chi connectivity index (χ0v) is 17.7. The largest absolute Gasteiger partial charge is 0.481 e. The van der Waals surface area contributed by atoms with E-state index < -0.39 is 17.3 Å². The molecule has 4 aliphatic rings. The van der Waals surface area contributed by atoms with Crippen molar-refractivity contribution in [2.24, 2.45) is 28.6 Å². The van der Waals surface area contributed by atoms with Gasteiger partial charge in [-0.05, 0) is 62.8 Å². The highest BCUT2D eigenvalue weighted by Gasteiger charge is 2.77. The number of carboxylic acids is 1. The second kappa shape index (κ2) is 7.34. The Hall–Kier alpha value is -1.93. The van der Waals surface area contributed by atoms with Gasteiger partial charge in [0, 0.05) is 32.2 Å². The summed E-state index contributed by atoms with van der Waals surface area (Å²) in [5, 5.41) is 20.7. The highest BCUT2D eigenvalue weighted by molar-refractivity contribution is 5.90. The summed E-state index contributed by atoms with van der Waals surface area (Å²) in [7, 11) is 0. The Bertz CT molecular complexity index is 829. The third-order valence-electron chi connectivity index (χ3n) is 8.45. The molecule has 4 fully saturated rings. The SMILES string of the molecule is Cc1cc(CNC(=O)[C@@]2(CCN3CCNCC3)[C@H](C(=O)O)[C@H]3CC[C@H]2C32CC2)no1. The summed E-state index contributed by atoms with van der Waals surface area (Å²) >= 11 is 0. The van der Waals surface area contributed by atoms with Crippen molar-refractivity contribution in [3.05, 3.63) is 17.5 Å². The Labute approximate surface area is 176 Å². The molecule has 0 unspecified atom stereocenters. The monoisotopic (exact) mass is 416 g/mol. The van der Waals surface area contributed by atoms with Gasteiger partial charge in [-0.15, -0.1) is 0 Å². The highest BCUT2D eigenvalue weighted by atomic mass is 16.5. The van der Waals surface area contributed by atoms with Gasteiger partial charge < -0.3 is 25.2 Å². The molecule has 8 heteroatoms. The summed E-state index contributed by atoms with van der Waals surface area (Å²) in [5.41, 5.74) is -0.0577. The standard InChI is InChI=1S/C22H32N4O4/c1-14-12-15(25-30-14)13-24-20(29)22(6-9-26-10-7-23-8-11-26)17-3-2-16(18(22)19(27)28)21(17)4-5-21/h12,16-18,23H,2-11,13H2,1H3,(H,24,29)(H,27,28)/t16-,17+,18+,22-/m1/s1. The van der Waals surface area contributed by atoms with E-state index in [-0.39, 0.29) is 29.7 Å². The summed E-state index contributed by atoms with van der Waals surface area (Å²) in [5.74, 6) is -0.444. The van der Waals surface area contributed by atoms with Crippen LogP contribution in [0.25, 0.3) is 0 Å². The summed E-state index contributed by atoms with van der Waals surface area (Å²) in [6, 6.07) is 1.81. The lowest BCUT2D eigenvalue weighted by molar-refractivity contribution is -0.158. The lowest BCUT2D eigenvalue weighted by Crippen LogP contribution is -2.54. The number of hydrogen-bond donors (Lipinski definition) is 3. The molecule has 1 aliphatic heterocycles. The van der Waals surface area contributed by atoms with Gasteiger partial charge in [0.05, 0.1) is 17.9 Å². The molecule has 0 radical (unpaired) electrons. The molecule has 1 aromatic rings. The summed E-state index contributed by atoms with van der Waals surface area (Å²) in [6.07, 6.45) is 4.71. The molecule has 4 atom stereocenters. The molecule has 3 N–H and O–H groups in total. The maximum atomic E-state index is 13.8. The van der Waals surface area contributed by atoms with Crippen molar-refractivity contribution in [2.45, 2.75) is 45.6 Å². The van der Waals surface area contributed by atoms with Crippen molar-refractivity contribution < 1.29 is 19.2 Å². The third-order valence-corrected chi connectivity index (χ3v) is 8.45. The third kappa shape index (κ3) is 2.99. The van der Waals surface area contributed by atoms with Crippen LogP contribution in [-0.4, -0.2) is 59.8 Å². The van der Waals surface area contributed by atoms with E-state index in [1.807, 2.05) is 13.0 Å². The molecule has 3 saturated carbocycles. The number of aliphatic carboxylic acids is 1. The fourth-order valence-electron chi connectivity index (χ4n) is 7.14.